The largest absolute Gasteiger partial charge is 0.407 e. The molecule has 0 bridgehead atoms. The fraction of sp³-hybridized carbons (Fsp3) is 0.692. The molecule has 1 aromatic heterocycles. The summed E-state index contributed by atoms with van der Waals surface area (Å²) < 4.78 is 1.50. The van der Waals surface area contributed by atoms with Crippen molar-refractivity contribution in [1.82, 2.24) is 9.78 Å². The first-order valence-corrected chi connectivity index (χ1v) is 6.81. The molecule has 0 amide bonds. The maximum absolute atomic E-state index is 10.6. The highest BCUT2D eigenvalue weighted by Crippen LogP contribution is 2.15. The molecule has 0 aliphatic heterocycles. The van der Waals surface area contributed by atoms with E-state index in [0.717, 1.165) is 12.8 Å². The van der Waals surface area contributed by atoms with Gasteiger partial charge < -0.3 is 10.1 Å². The van der Waals surface area contributed by atoms with Crippen LogP contribution in [0.4, 0.5) is 5.82 Å². The second kappa shape index (κ2) is 8.25. The molecule has 0 unspecified atom stereocenters. The second-order valence-electron chi connectivity index (χ2n) is 4.62. The van der Waals surface area contributed by atoms with Crippen LogP contribution in [0.5, 0.6) is 0 Å². The predicted molar refractivity (Wildman–Crippen MR) is 71.6 cm³/mol. The summed E-state index contributed by atoms with van der Waals surface area (Å²) >= 11 is 0. The Bertz CT molecular complexity index is 448. The Morgan fingerprint density at radius 3 is 2.47 bits per heavy atom. The molecule has 0 saturated carbocycles. The zero-order valence-corrected chi connectivity index (χ0v) is 11.3. The molecule has 0 radical (unpaired) electrons. The molecule has 0 N–H and O–H groups in total. The zero-order chi connectivity index (χ0) is 14.1. The third-order valence-corrected chi connectivity index (χ3v) is 3.03. The van der Waals surface area contributed by atoms with Crippen molar-refractivity contribution in [2.75, 3.05) is 0 Å². The van der Waals surface area contributed by atoms with Crippen molar-refractivity contribution in [2.45, 2.75) is 58.4 Å². The van der Waals surface area contributed by atoms with Gasteiger partial charge in [0.25, 0.3) is 0 Å². The summed E-state index contributed by atoms with van der Waals surface area (Å²) in [5, 5.41) is 23.2. The molecule has 19 heavy (non-hydrogen) atoms. The van der Waals surface area contributed by atoms with E-state index < -0.39 is 4.92 Å². The van der Waals surface area contributed by atoms with Crippen LogP contribution in [0.2, 0.25) is 0 Å². The van der Waals surface area contributed by atoms with Gasteiger partial charge in [0.1, 0.15) is 6.07 Å². The van der Waals surface area contributed by atoms with E-state index in [9.17, 15) is 10.1 Å². The van der Waals surface area contributed by atoms with Crippen molar-refractivity contribution in [3.05, 3.63) is 21.9 Å². The zero-order valence-electron chi connectivity index (χ0n) is 11.3. The van der Waals surface area contributed by atoms with E-state index in [4.69, 9.17) is 5.26 Å². The summed E-state index contributed by atoms with van der Waals surface area (Å²) in [6, 6.07) is 1.80. The molecule has 0 saturated heterocycles. The van der Waals surface area contributed by atoms with Crippen LogP contribution in [0.25, 0.3) is 0 Å². The second-order valence-corrected chi connectivity index (χ2v) is 4.62. The Labute approximate surface area is 113 Å². The van der Waals surface area contributed by atoms with Gasteiger partial charge in [0, 0.05) is 0 Å². The summed E-state index contributed by atoms with van der Waals surface area (Å²) in [7, 11) is 0. The highest BCUT2D eigenvalue weighted by molar-refractivity contribution is 5.40. The highest BCUT2D eigenvalue weighted by Gasteiger charge is 2.19. The van der Waals surface area contributed by atoms with E-state index in [1.165, 1.54) is 43.0 Å². The van der Waals surface area contributed by atoms with Crippen LogP contribution < -0.4 is 0 Å². The van der Waals surface area contributed by atoms with E-state index in [1.807, 2.05) is 0 Å². The van der Waals surface area contributed by atoms with Gasteiger partial charge in [0.2, 0.25) is 0 Å². The topological polar surface area (TPSA) is 84.8 Å². The molecule has 0 spiro atoms. The quantitative estimate of drug-likeness (QED) is 0.388. The van der Waals surface area contributed by atoms with Crippen molar-refractivity contribution in [2.24, 2.45) is 0 Å². The number of unbranched alkanes of at least 4 members (excludes halogenated alkanes) is 6. The molecule has 1 rings (SSSR count). The third-order valence-electron chi connectivity index (χ3n) is 3.03. The SMILES string of the molecule is CCCCCCCCCn1cc(C#N)c([N+](=O)[O-])n1. The third kappa shape index (κ3) is 5.08. The molecule has 6 nitrogen and oxygen atoms in total. The number of hydrogen-bond donors (Lipinski definition) is 0. The van der Waals surface area contributed by atoms with Gasteiger partial charge >= 0.3 is 5.82 Å². The molecule has 6 heteroatoms. The average Bonchev–Trinajstić information content (AvgIpc) is 2.81. The van der Waals surface area contributed by atoms with Gasteiger partial charge in [-0.2, -0.15) is 9.94 Å². The predicted octanol–water partition coefficient (Wildman–Crippen LogP) is 3.41. The minimum Gasteiger partial charge on any atom is -0.358 e. The van der Waals surface area contributed by atoms with Crippen LogP contribution in [0.3, 0.4) is 0 Å². The average molecular weight is 264 g/mol. The van der Waals surface area contributed by atoms with Crippen LogP contribution >= 0.6 is 0 Å². The van der Waals surface area contributed by atoms with Gasteiger partial charge in [-0.3, -0.25) is 0 Å². The molecule has 0 aliphatic rings. The van der Waals surface area contributed by atoms with Gasteiger partial charge in [0.05, 0.1) is 17.8 Å². The number of nitrogens with zero attached hydrogens (tertiary/aromatic N) is 4. The molecule has 0 aliphatic carbocycles. The van der Waals surface area contributed by atoms with E-state index in [-0.39, 0.29) is 11.4 Å². The van der Waals surface area contributed by atoms with E-state index in [1.54, 1.807) is 6.07 Å². The Morgan fingerprint density at radius 1 is 1.32 bits per heavy atom. The van der Waals surface area contributed by atoms with Crippen molar-refractivity contribution in [1.29, 1.82) is 5.26 Å². The molecular formula is C13H20N4O2. The van der Waals surface area contributed by atoms with Gasteiger partial charge in [-0.1, -0.05) is 45.4 Å². The lowest BCUT2D eigenvalue weighted by Crippen LogP contribution is -1.99. The van der Waals surface area contributed by atoms with Crippen molar-refractivity contribution in [3.8, 4) is 6.07 Å². The monoisotopic (exact) mass is 264 g/mol. The van der Waals surface area contributed by atoms with Gasteiger partial charge in [-0.15, -0.1) is 0 Å². The van der Waals surface area contributed by atoms with Gasteiger partial charge in [-0.25, -0.2) is 0 Å². The van der Waals surface area contributed by atoms with Crippen LogP contribution in [0, 0.1) is 21.4 Å². The Morgan fingerprint density at radius 2 is 1.95 bits per heavy atom. The first-order valence-electron chi connectivity index (χ1n) is 6.81. The van der Waals surface area contributed by atoms with Crippen molar-refractivity contribution in [3.63, 3.8) is 0 Å². The Hall–Kier alpha value is -1.90. The van der Waals surface area contributed by atoms with Crippen molar-refractivity contribution >= 4 is 5.82 Å². The minimum absolute atomic E-state index is 0.0351. The number of nitro groups is 1. The lowest BCUT2D eigenvalue weighted by Gasteiger charge is -1.99. The number of nitriles is 1. The fourth-order valence-electron chi connectivity index (χ4n) is 1.97. The summed E-state index contributed by atoms with van der Waals surface area (Å²) in [5.41, 5.74) is 0.0351. The van der Waals surface area contributed by atoms with Crippen LogP contribution in [-0.2, 0) is 6.54 Å². The molecule has 0 aromatic carbocycles. The summed E-state index contributed by atoms with van der Waals surface area (Å²) in [6.45, 7) is 2.83. The van der Waals surface area contributed by atoms with E-state index in [0.29, 0.717) is 6.54 Å². The molecule has 1 aromatic rings. The normalized spacial score (nSPS) is 10.3. The molecular weight excluding hydrogens is 244 g/mol. The molecule has 0 fully saturated rings. The van der Waals surface area contributed by atoms with E-state index >= 15 is 0 Å². The molecule has 1 heterocycles. The summed E-state index contributed by atoms with van der Waals surface area (Å²) in [4.78, 5) is 10.0. The fourth-order valence-corrected chi connectivity index (χ4v) is 1.97. The lowest BCUT2D eigenvalue weighted by molar-refractivity contribution is -0.390. The lowest BCUT2D eigenvalue weighted by atomic mass is 10.1. The number of rotatable bonds is 9. The Balaban J connectivity index is 2.30. The van der Waals surface area contributed by atoms with E-state index in [2.05, 4.69) is 12.0 Å². The molecule has 104 valence electrons. The smallest absolute Gasteiger partial charge is 0.358 e. The first-order chi connectivity index (χ1) is 9.19. The maximum atomic E-state index is 10.6. The van der Waals surface area contributed by atoms with Crippen LogP contribution in [0.15, 0.2) is 6.20 Å². The van der Waals surface area contributed by atoms with Crippen molar-refractivity contribution < 1.29 is 4.92 Å². The Kier molecular flexibility index (Phi) is 6.58. The van der Waals surface area contributed by atoms with Crippen LogP contribution in [0.1, 0.15) is 57.4 Å². The highest BCUT2D eigenvalue weighted by atomic mass is 16.6. The molecule has 0 atom stereocenters. The number of hydrogen-bond acceptors (Lipinski definition) is 4. The standard InChI is InChI=1S/C13H20N4O2/c1-2-3-4-5-6-7-8-9-16-11-12(10-14)13(15-16)17(18)19/h11H,2-9H2,1H3. The number of aryl methyl sites for hydroxylation is 1. The summed E-state index contributed by atoms with van der Waals surface area (Å²) in [6.07, 6.45) is 9.74. The number of aromatic nitrogens is 2. The summed E-state index contributed by atoms with van der Waals surface area (Å²) in [5.74, 6) is -0.342. The minimum atomic E-state index is -0.611. The first kappa shape index (κ1) is 15.2. The van der Waals surface area contributed by atoms with Crippen LogP contribution in [-0.4, -0.2) is 14.7 Å². The maximum Gasteiger partial charge on any atom is 0.407 e. The van der Waals surface area contributed by atoms with Gasteiger partial charge in [-0.05, 0) is 11.3 Å². The van der Waals surface area contributed by atoms with Gasteiger partial charge in [0.15, 0.2) is 5.56 Å².